The molecule has 0 bridgehead atoms. The zero-order valence-electron chi connectivity index (χ0n) is 12.2. The van der Waals surface area contributed by atoms with Gasteiger partial charge in [-0.15, -0.1) is 0 Å². The molecule has 0 spiro atoms. The number of piperidine rings is 2. The van der Waals surface area contributed by atoms with Gasteiger partial charge in [-0.05, 0) is 25.7 Å². The van der Waals surface area contributed by atoms with Gasteiger partial charge in [0.1, 0.15) is 0 Å². The van der Waals surface area contributed by atoms with Crippen LogP contribution in [0.2, 0.25) is 0 Å². The fourth-order valence-corrected chi connectivity index (χ4v) is 2.99. The Morgan fingerprint density at radius 2 is 1.81 bits per heavy atom. The molecule has 21 heavy (non-hydrogen) atoms. The fraction of sp³-hybridized carbons (Fsp3) is 0.857. The number of hydrogen-bond donors (Lipinski definition) is 2. The van der Waals surface area contributed by atoms with E-state index in [0.29, 0.717) is 39.2 Å². The molecule has 2 amide bonds. The predicted molar refractivity (Wildman–Crippen MR) is 75.0 cm³/mol. The summed E-state index contributed by atoms with van der Waals surface area (Å²) in [5, 5.41) is 17.8. The van der Waals surface area contributed by atoms with E-state index in [4.69, 9.17) is 14.9 Å². The van der Waals surface area contributed by atoms with E-state index in [1.165, 1.54) is 0 Å². The summed E-state index contributed by atoms with van der Waals surface area (Å²) in [6, 6.07) is -0.0541. The second-order valence-corrected chi connectivity index (χ2v) is 5.69. The minimum Gasteiger partial charge on any atom is -0.481 e. The summed E-state index contributed by atoms with van der Waals surface area (Å²) in [4.78, 5) is 26.9. The topological polar surface area (TPSA) is 90.3 Å². The molecular weight excluding hydrogens is 276 g/mol. The summed E-state index contributed by atoms with van der Waals surface area (Å²) in [6.45, 7) is 2.57. The number of ether oxygens (including phenoxy) is 1. The van der Waals surface area contributed by atoms with Crippen molar-refractivity contribution < 1.29 is 24.5 Å². The standard InChI is InChI=1S/C14H24N2O5/c17-8-9-21-12-3-6-15(7-4-12)14(20)16-5-1-2-11(10-16)13(18)19/h11-12,17H,1-10H2,(H,18,19)/t11-/m0/s1. The van der Waals surface area contributed by atoms with Crippen LogP contribution >= 0.6 is 0 Å². The molecule has 0 aliphatic carbocycles. The van der Waals surface area contributed by atoms with Crippen LogP contribution in [-0.2, 0) is 9.53 Å². The minimum atomic E-state index is -0.816. The van der Waals surface area contributed by atoms with Gasteiger partial charge in [0, 0.05) is 26.2 Å². The summed E-state index contributed by atoms with van der Waals surface area (Å²) < 4.78 is 5.47. The summed E-state index contributed by atoms with van der Waals surface area (Å²) in [7, 11) is 0. The van der Waals surface area contributed by atoms with E-state index in [1.54, 1.807) is 9.80 Å². The van der Waals surface area contributed by atoms with Gasteiger partial charge in [-0.25, -0.2) is 4.79 Å². The highest BCUT2D eigenvalue weighted by Crippen LogP contribution is 2.20. The van der Waals surface area contributed by atoms with Crippen molar-refractivity contribution in [3.63, 3.8) is 0 Å². The molecule has 0 radical (unpaired) electrons. The minimum absolute atomic E-state index is 0.0174. The number of carbonyl (C=O) groups is 2. The molecule has 0 aromatic carbocycles. The first-order chi connectivity index (χ1) is 10.1. The molecular formula is C14H24N2O5. The smallest absolute Gasteiger partial charge is 0.320 e. The average Bonchev–Trinajstić information content (AvgIpc) is 2.53. The largest absolute Gasteiger partial charge is 0.481 e. The fourth-order valence-electron chi connectivity index (χ4n) is 2.99. The zero-order chi connectivity index (χ0) is 15.2. The molecule has 0 unspecified atom stereocenters. The number of aliphatic hydroxyl groups is 1. The van der Waals surface area contributed by atoms with Crippen molar-refractivity contribution in [1.29, 1.82) is 0 Å². The van der Waals surface area contributed by atoms with Crippen LogP contribution in [-0.4, -0.2) is 77.5 Å². The maximum Gasteiger partial charge on any atom is 0.320 e. The van der Waals surface area contributed by atoms with Crippen LogP contribution in [0.25, 0.3) is 0 Å². The number of amides is 2. The number of carboxylic acids is 1. The summed E-state index contributed by atoms with van der Waals surface area (Å²) in [5.74, 6) is -1.25. The van der Waals surface area contributed by atoms with Crippen molar-refractivity contribution in [2.45, 2.75) is 31.8 Å². The average molecular weight is 300 g/mol. The lowest BCUT2D eigenvalue weighted by Gasteiger charge is -2.38. The van der Waals surface area contributed by atoms with E-state index < -0.39 is 11.9 Å². The normalized spacial score (nSPS) is 24.1. The van der Waals surface area contributed by atoms with E-state index in [0.717, 1.165) is 19.3 Å². The number of nitrogens with zero attached hydrogens (tertiary/aromatic N) is 2. The Bertz CT molecular complexity index is 368. The Hall–Kier alpha value is -1.34. The number of urea groups is 1. The molecule has 2 heterocycles. The van der Waals surface area contributed by atoms with Crippen LogP contribution in [0.1, 0.15) is 25.7 Å². The number of hydrogen-bond acceptors (Lipinski definition) is 4. The van der Waals surface area contributed by atoms with Gasteiger partial charge >= 0.3 is 12.0 Å². The van der Waals surface area contributed by atoms with Crippen LogP contribution in [0.15, 0.2) is 0 Å². The van der Waals surface area contributed by atoms with Gasteiger partial charge in [0.25, 0.3) is 0 Å². The molecule has 2 aliphatic rings. The van der Waals surface area contributed by atoms with E-state index >= 15 is 0 Å². The molecule has 2 N–H and O–H groups in total. The van der Waals surface area contributed by atoms with Crippen LogP contribution in [0.5, 0.6) is 0 Å². The number of aliphatic hydroxyl groups excluding tert-OH is 1. The summed E-state index contributed by atoms with van der Waals surface area (Å²) in [6.07, 6.45) is 3.04. The molecule has 0 aromatic rings. The maximum absolute atomic E-state index is 12.4. The molecule has 1 atom stereocenters. The Labute approximate surface area is 124 Å². The second-order valence-electron chi connectivity index (χ2n) is 5.69. The lowest BCUT2D eigenvalue weighted by Crippen LogP contribution is -2.51. The third-order valence-electron chi connectivity index (χ3n) is 4.20. The highest BCUT2D eigenvalue weighted by atomic mass is 16.5. The van der Waals surface area contributed by atoms with Crippen molar-refractivity contribution in [3.05, 3.63) is 0 Å². The molecule has 0 aromatic heterocycles. The van der Waals surface area contributed by atoms with Gasteiger partial charge in [-0.1, -0.05) is 0 Å². The first-order valence-corrected chi connectivity index (χ1v) is 7.61. The van der Waals surface area contributed by atoms with Crippen molar-refractivity contribution >= 4 is 12.0 Å². The molecule has 120 valence electrons. The van der Waals surface area contributed by atoms with Crippen LogP contribution < -0.4 is 0 Å². The van der Waals surface area contributed by atoms with Gasteiger partial charge in [0.15, 0.2) is 0 Å². The van der Waals surface area contributed by atoms with Crippen molar-refractivity contribution in [2.24, 2.45) is 5.92 Å². The third-order valence-corrected chi connectivity index (χ3v) is 4.20. The number of rotatable bonds is 4. The quantitative estimate of drug-likeness (QED) is 0.783. The van der Waals surface area contributed by atoms with Crippen LogP contribution in [0, 0.1) is 5.92 Å². The molecule has 7 nitrogen and oxygen atoms in total. The zero-order valence-corrected chi connectivity index (χ0v) is 12.2. The summed E-state index contributed by atoms with van der Waals surface area (Å²) in [5.41, 5.74) is 0. The molecule has 7 heteroatoms. The Morgan fingerprint density at radius 1 is 1.10 bits per heavy atom. The van der Waals surface area contributed by atoms with Gasteiger partial charge in [-0.3, -0.25) is 4.79 Å². The van der Waals surface area contributed by atoms with E-state index in [9.17, 15) is 9.59 Å². The highest BCUT2D eigenvalue weighted by molar-refractivity contribution is 5.76. The van der Waals surface area contributed by atoms with E-state index in [-0.39, 0.29) is 18.7 Å². The van der Waals surface area contributed by atoms with Crippen molar-refractivity contribution in [2.75, 3.05) is 39.4 Å². The van der Waals surface area contributed by atoms with Crippen LogP contribution in [0.3, 0.4) is 0 Å². The van der Waals surface area contributed by atoms with Gasteiger partial charge in [0.2, 0.25) is 0 Å². The van der Waals surface area contributed by atoms with Crippen LogP contribution in [0.4, 0.5) is 4.79 Å². The number of carboxylic acid groups (broad SMARTS) is 1. The Morgan fingerprint density at radius 3 is 2.43 bits per heavy atom. The SMILES string of the molecule is O=C(O)[C@H]1CCCN(C(=O)N2CCC(OCCO)CC2)C1. The molecule has 2 fully saturated rings. The maximum atomic E-state index is 12.4. The van der Waals surface area contributed by atoms with Crippen molar-refractivity contribution in [1.82, 2.24) is 9.80 Å². The van der Waals surface area contributed by atoms with Gasteiger partial charge in [0.05, 0.1) is 25.2 Å². The lowest BCUT2D eigenvalue weighted by molar-refractivity contribution is -0.143. The lowest BCUT2D eigenvalue weighted by atomic mass is 9.98. The molecule has 2 aliphatic heterocycles. The molecule has 2 rings (SSSR count). The third kappa shape index (κ3) is 4.31. The van der Waals surface area contributed by atoms with Gasteiger partial charge < -0.3 is 24.7 Å². The first-order valence-electron chi connectivity index (χ1n) is 7.61. The summed E-state index contributed by atoms with van der Waals surface area (Å²) >= 11 is 0. The van der Waals surface area contributed by atoms with Gasteiger partial charge in [-0.2, -0.15) is 0 Å². The van der Waals surface area contributed by atoms with E-state index in [2.05, 4.69) is 0 Å². The first kappa shape index (κ1) is 16.0. The number of aliphatic carboxylic acids is 1. The Kier molecular flexibility index (Phi) is 5.81. The predicted octanol–water partition coefficient (Wildman–Crippen LogP) is 0.376. The molecule has 2 saturated heterocycles. The van der Waals surface area contributed by atoms with Crippen molar-refractivity contribution in [3.8, 4) is 0 Å². The molecule has 0 saturated carbocycles. The number of carbonyl (C=O) groups excluding carboxylic acids is 1. The monoisotopic (exact) mass is 300 g/mol. The Balaban J connectivity index is 1.80. The second kappa shape index (κ2) is 7.61. The number of likely N-dealkylation sites (tertiary alicyclic amines) is 2. The highest BCUT2D eigenvalue weighted by Gasteiger charge is 2.32. The van der Waals surface area contributed by atoms with E-state index in [1.807, 2.05) is 0 Å².